The number of morpholine rings is 1. The predicted octanol–water partition coefficient (Wildman–Crippen LogP) is 0.978. The van der Waals surface area contributed by atoms with E-state index in [0.717, 1.165) is 12.8 Å². The van der Waals surface area contributed by atoms with E-state index in [1.165, 1.54) is 4.31 Å². The Morgan fingerprint density at radius 1 is 1.18 bits per heavy atom. The minimum absolute atomic E-state index is 0.00903. The molecule has 1 aliphatic rings. The van der Waals surface area contributed by atoms with Gasteiger partial charge in [0.1, 0.15) is 0 Å². The summed E-state index contributed by atoms with van der Waals surface area (Å²) in [6.07, 6.45) is 1.91. The van der Waals surface area contributed by atoms with E-state index in [-0.39, 0.29) is 6.04 Å². The average Bonchev–Trinajstić information content (AvgIpc) is 2.27. The van der Waals surface area contributed by atoms with Gasteiger partial charge in [0, 0.05) is 19.1 Å². The van der Waals surface area contributed by atoms with Crippen molar-refractivity contribution < 1.29 is 13.2 Å². The second kappa shape index (κ2) is 6.68. The van der Waals surface area contributed by atoms with E-state index in [2.05, 4.69) is 18.6 Å². The number of nitrogens with zero attached hydrogens (tertiary/aromatic N) is 1. The molecule has 0 aromatic heterocycles. The second-order valence-electron chi connectivity index (χ2n) is 5.01. The quantitative estimate of drug-likeness (QED) is 0.778. The summed E-state index contributed by atoms with van der Waals surface area (Å²) >= 11 is 0. The van der Waals surface area contributed by atoms with Gasteiger partial charge >= 0.3 is 0 Å². The Balaban J connectivity index is 2.42. The summed E-state index contributed by atoms with van der Waals surface area (Å²) in [4.78, 5) is 0. The normalized spacial score (nSPS) is 20.7. The van der Waals surface area contributed by atoms with Crippen LogP contribution in [-0.2, 0) is 14.9 Å². The molecule has 0 amide bonds. The molecule has 0 radical (unpaired) electrons. The van der Waals surface area contributed by atoms with Crippen LogP contribution in [0.2, 0.25) is 0 Å². The molecule has 17 heavy (non-hydrogen) atoms. The molecule has 1 atom stereocenters. The third-order valence-electron chi connectivity index (χ3n) is 2.84. The molecule has 5 nitrogen and oxygen atoms in total. The molecule has 0 aromatic carbocycles. The Bertz CT molecular complexity index is 311. The van der Waals surface area contributed by atoms with Crippen LogP contribution in [0.4, 0.5) is 0 Å². The molecule has 0 aliphatic carbocycles. The van der Waals surface area contributed by atoms with Crippen LogP contribution in [0.15, 0.2) is 0 Å². The summed E-state index contributed by atoms with van der Waals surface area (Å²) < 4.78 is 33.3. The highest BCUT2D eigenvalue weighted by Gasteiger charge is 2.25. The van der Waals surface area contributed by atoms with Crippen molar-refractivity contribution in [2.24, 2.45) is 5.92 Å². The first-order chi connectivity index (χ1) is 7.92. The Morgan fingerprint density at radius 3 is 2.29 bits per heavy atom. The van der Waals surface area contributed by atoms with Crippen molar-refractivity contribution in [1.29, 1.82) is 0 Å². The van der Waals surface area contributed by atoms with Crippen molar-refractivity contribution in [3.63, 3.8) is 0 Å². The van der Waals surface area contributed by atoms with Gasteiger partial charge in [-0.1, -0.05) is 13.8 Å². The van der Waals surface area contributed by atoms with Crippen molar-refractivity contribution in [1.82, 2.24) is 9.03 Å². The van der Waals surface area contributed by atoms with Crippen LogP contribution < -0.4 is 4.72 Å². The molecule has 6 heteroatoms. The lowest BCUT2D eigenvalue weighted by molar-refractivity contribution is 0.0723. The predicted molar refractivity (Wildman–Crippen MR) is 68.0 cm³/mol. The zero-order valence-corrected chi connectivity index (χ0v) is 11.8. The highest BCUT2D eigenvalue weighted by Crippen LogP contribution is 2.09. The molecule has 1 heterocycles. The van der Waals surface area contributed by atoms with E-state index >= 15 is 0 Å². The van der Waals surface area contributed by atoms with Crippen LogP contribution in [0.1, 0.15) is 33.6 Å². The smallest absolute Gasteiger partial charge is 0.279 e. The molecule has 0 aromatic rings. The van der Waals surface area contributed by atoms with E-state index in [1.54, 1.807) is 0 Å². The SMILES string of the molecule is CC(C)CCC(C)NS(=O)(=O)N1CCOCC1. The molecule has 0 spiro atoms. The van der Waals surface area contributed by atoms with Crippen molar-refractivity contribution in [2.45, 2.75) is 39.7 Å². The lowest BCUT2D eigenvalue weighted by atomic mass is 10.1. The Hall–Kier alpha value is -0.170. The summed E-state index contributed by atoms with van der Waals surface area (Å²) in [5.41, 5.74) is 0. The zero-order valence-electron chi connectivity index (χ0n) is 11.0. The highest BCUT2D eigenvalue weighted by molar-refractivity contribution is 7.87. The Morgan fingerprint density at radius 2 is 1.76 bits per heavy atom. The highest BCUT2D eigenvalue weighted by atomic mass is 32.2. The maximum atomic E-state index is 12.0. The van der Waals surface area contributed by atoms with E-state index in [9.17, 15) is 8.42 Å². The minimum Gasteiger partial charge on any atom is -0.379 e. The summed E-state index contributed by atoms with van der Waals surface area (Å²) in [7, 11) is -3.33. The van der Waals surface area contributed by atoms with Gasteiger partial charge in [-0.2, -0.15) is 17.4 Å². The molecule has 1 aliphatic heterocycles. The largest absolute Gasteiger partial charge is 0.379 e. The zero-order chi connectivity index (χ0) is 12.9. The fourth-order valence-electron chi connectivity index (χ4n) is 1.76. The minimum atomic E-state index is -3.33. The summed E-state index contributed by atoms with van der Waals surface area (Å²) in [5, 5.41) is 0. The van der Waals surface area contributed by atoms with Crippen LogP contribution >= 0.6 is 0 Å². The van der Waals surface area contributed by atoms with Crippen LogP contribution in [0, 0.1) is 5.92 Å². The standard InChI is InChI=1S/C11H24N2O3S/c1-10(2)4-5-11(3)12-17(14,15)13-6-8-16-9-7-13/h10-12H,4-9H2,1-3H3. The van der Waals surface area contributed by atoms with Gasteiger partial charge in [-0.25, -0.2) is 0 Å². The summed E-state index contributed by atoms with van der Waals surface area (Å²) in [6.45, 7) is 8.08. The average molecular weight is 264 g/mol. The van der Waals surface area contributed by atoms with Crippen LogP contribution in [0.5, 0.6) is 0 Å². The van der Waals surface area contributed by atoms with Gasteiger partial charge in [-0.05, 0) is 25.7 Å². The van der Waals surface area contributed by atoms with Crippen LogP contribution in [-0.4, -0.2) is 45.1 Å². The lowest BCUT2D eigenvalue weighted by Gasteiger charge is -2.27. The van der Waals surface area contributed by atoms with E-state index in [1.807, 2.05) is 6.92 Å². The summed E-state index contributed by atoms with van der Waals surface area (Å²) in [6, 6.07) is -0.00903. The molecule has 0 saturated carbocycles. The number of hydrogen-bond donors (Lipinski definition) is 1. The van der Waals surface area contributed by atoms with E-state index in [4.69, 9.17) is 4.74 Å². The van der Waals surface area contributed by atoms with Crippen molar-refractivity contribution in [3.05, 3.63) is 0 Å². The van der Waals surface area contributed by atoms with Gasteiger partial charge in [0.05, 0.1) is 13.2 Å². The lowest BCUT2D eigenvalue weighted by Crippen LogP contribution is -2.49. The fourth-order valence-corrected chi connectivity index (χ4v) is 3.16. The first-order valence-corrected chi connectivity index (χ1v) is 7.71. The first kappa shape index (κ1) is 14.9. The monoisotopic (exact) mass is 264 g/mol. The fraction of sp³-hybridized carbons (Fsp3) is 1.00. The Labute approximate surface area is 105 Å². The molecule has 1 N–H and O–H groups in total. The maximum Gasteiger partial charge on any atom is 0.279 e. The maximum absolute atomic E-state index is 12.0. The molecule has 1 fully saturated rings. The van der Waals surface area contributed by atoms with Crippen molar-refractivity contribution in [3.8, 4) is 0 Å². The number of nitrogens with one attached hydrogen (secondary N) is 1. The van der Waals surface area contributed by atoms with Gasteiger partial charge in [0.2, 0.25) is 0 Å². The third kappa shape index (κ3) is 5.33. The third-order valence-corrected chi connectivity index (χ3v) is 4.58. The molecular formula is C11H24N2O3S. The topological polar surface area (TPSA) is 58.6 Å². The van der Waals surface area contributed by atoms with Crippen LogP contribution in [0.25, 0.3) is 0 Å². The number of rotatable bonds is 6. The molecule has 102 valence electrons. The van der Waals surface area contributed by atoms with E-state index < -0.39 is 10.2 Å². The number of hydrogen-bond acceptors (Lipinski definition) is 3. The molecular weight excluding hydrogens is 240 g/mol. The first-order valence-electron chi connectivity index (χ1n) is 6.27. The van der Waals surface area contributed by atoms with Crippen molar-refractivity contribution in [2.75, 3.05) is 26.3 Å². The van der Waals surface area contributed by atoms with Gasteiger partial charge in [-0.3, -0.25) is 0 Å². The molecule has 1 unspecified atom stereocenters. The molecule has 0 bridgehead atoms. The number of ether oxygens (including phenoxy) is 1. The van der Waals surface area contributed by atoms with Gasteiger partial charge in [0.15, 0.2) is 0 Å². The summed E-state index contributed by atoms with van der Waals surface area (Å²) in [5.74, 6) is 0.602. The van der Waals surface area contributed by atoms with Gasteiger partial charge in [-0.15, -0.1) is 0 Å². The van der Waals surface area contributed by atoms with Gasteiger partial charge < -0.3 is 4.74 Å². The van der Waals surface area contributed by atoms with Crippen LogP contribution in [0.3, 0.4) is 0 Å². The second-order valence-corrected chi connectivity index (χ2v) is 6.71. The van der Waals surface area contributed by atoms with E-state index in [0.29, 0.717) is 32.2 Å². The van der Waals surface area contributed by atoms with Crippen molar-refractivity contribution >= 4 is 10.2 Å². The Kier molecular flexibility index (Phi) is 5.85. The van der Waals surface area contributed by atoms with Gasteiger partial charge in [0.25, 0.3) is 10.2 Å². The molecule has 1 saturated heterocycles. The molecule has 1 rings (SSSR count).